The van der Waals surface area contributed by atoms with Crippen LogP contribution in [0.1, 0.15) is 0 Å². The van der Waals surface area contributed by atoms with Gasteiger partial charge in [-0.25, -0.2) is 19.9 Å². The van der Waals surface area contributed by atoms with Crippen molar-refractivity contribution in [2.24, 2.45) is 0 Å². The van der Waals surface area contributed by atoms with Crippen LogP contribution >= 0.6 is 11.3 Å². The van der Waals surface area contributed by atoms with Gasteiger partial charge in [-0.1, -0.05) is 127 Å². The van der Waals surface area contributed by atoms with E-state index in [9.17, 15) is 0 Å². The third kappa shape index (κ3) is 4.76. The Morgan fingerprint density at radius 1 is 0.395 bits per heavy atom. The maximum atomic E-state index is 5.17. The molecule has 5 heteroatoms. The van der Waals surface area contributed by atoms with Gasteiger partial charge in [0.25, 0.3) is 0 Å². The van der Waals surface area contributed by atoms with E-state index in [0.717, 1.165) is 60.5 Å². The molecule has 0 fully saturated rings. The minimum atomic E-state index is 0.691. The molecule has 0 aliphatic rings. The number of thiophene rings is 1. The summed E-state index contributed by atoms with van der Waals surface area (Å²) in [6.07, 6.45) is 0. The second-order valence-electron chi connectivity index (χ2n) is 10.3. The molecule has 3 aromatic heterocycles. The smallest absolute Gasteiger partial charge is 0.160 e. The van der Waals surface area contributed by atoms with Crippen LogP contribution < -0.4 is 0 Å². The monoisotopic (exact) mass is 568 g/mol. The predicted octanol–water partition coefficient (Wildman–Crippen LogP) is 9.97. The lowest BCUT2D eigenvalue weighted by atomic mass is 10.0. The Kier molecular flexibility index (Phi) is 6.28. The second kappa shape index (κ2) is 10.7. The van der Waals surface area contributed by atoms with E-state index < -0.39 is 0 Å². The third-order valence-corrected chi connectivity index (χ3v) is 8.68. The maximum absolute atomic E-state index is 5.17. The van der Waals surface area contributed by atoms with Crippen LogP contribution in [0.2, 0.25) is 0 Å². The quantitative estimate of drug-likeness (QED) is 0.207. The van der Waals surface area contributed by atoms with Crippen LogP contribution in [0.3, 0.4) is 0 Å². The van der Waals surface area contributed by atoms with Gasteiger partial charge in [-0.2, -0.15) is 0 Å². The highest BCUT2D eigenvalue weighted by Gasteiger charge is 2.17. The average molecular weight is 569 g/mol. The van der Waals surface area contributed by atoms with E-state index in [2.05, 4.69) is 91.0 Å². The zero-order valence-corrected chi connectivity index (χ0v) is 23.9. The molecule has 0 aliphatic carbocycles. The van der Waals surface area contributed by atoms with Gasteiger partial charge in [0.15, 0.2) is 11.6 Å². The molecule has 0 aliphatic heterocycles. The van der Waals surface area contributed by atoms with Gasteiger partial charge in [-0.15, -0.1) is 11.3 Å². The SMILES string of the molecule is c1ccc(-c2cc(-c3cccc(-c4nc(-c5ccccc5)c5sc6ccccc6c5n4)c3)nc(-c3ccccc3)n2)cc1. The lowest BCUT2D eigenvalue weighted by molar-refractivity contribution is 1.18. The summed E-state index contributed by atoms with van der Waals surface area (Å²) in [4.78, 5) is 20.3. The molecule has 0 spiro atoms. The van der Waals surface area contributed by atoms with Crippen molar-refractivity contribution in [3.8, 4) is 56.5 Å². The number of hydrogen-bond donors (Lipinski definition) is 0. The highest BCUT2D eigenvalue weighted by molar-refractivity contribution is 7.26. The largest absolute Gasteiger partial charge is 0.228 e. The van der Waals surface area contributed by atoms with Gasteiger partial charge in [0, 0.05) is 37.9 Å². The number of fused-ring (bicyclic) bond motifs is 3. The molecule has 0 saturated carbocycles. The lowest BCUT2D eigenvalue weighted by Crippen LogP contribution is -1.97. The Morgan fingerprint density at radius 3 is 1.70 bits per heavy atom. The van der Waals surface area contributed by atoms with Gasteiger partial charge in [0.05, 0.1) is 27.3 Å². The molecule has 0 radical (unpaired) electrons. The molecule has 0 bridgehead atoms. The normalized spacial score (nSPS) is 11.3. The van der Waals surface area contributed by atoms with Gasteiger partial charge in [0.2, 0.25) is 0 Å². The van der Waals surface area contributed by atoms with Crippen LogP contribution in [0.15, 0.2) is 146 Å². The van der Waals surface area contributed by atoms with Gasteiger partial charge < -0.3 is 0 Å². The number of nitrogens with zero attached hydrogens (tertiary/aromatic N) is 4. The fourth-order valence-corrected chi connectivity index (χ4v) is 6.55. The molecule has 0 atom stereocenters. The van der Waals surface area contributed by atoms with Crippen LogP contribution in [0.5, 0.6) is 0 Å². The lowest BCUT2D eigenvalue weighted by Gasteiger charge is -2.11. The third-order valence-electron chi connectivity index (χ3n) is 7.51. The molecular weight excluding hydrogens is 545 g/mol. The highest BCUT2D eigenvalue weighted by atomic mass is 32.1. The number of aromatic nitrogens is 4. The fraction of sp³-hybridized carbons (Fsp3) is 0. The molecular formula is C38H24N4S. The van der Waals surface area contributed by atoms with E-state index in [0.29, 0.717) is 11.6 Å². The standard InChI is InChI=1S/C38H24N4S/c1-4-13-25(14-5-1)31-24-32(40-37(39-31)27-17-8-3-9-18-27)28-19-12-20-29(23-28)38-41-34(26-15-6-2-7-16-26)36-35(42-38)30-21-10-11-22-33(30)43-36/h1-24H. The van der Waals surface area contributed by atoms with Crippen LogP contribution in [0.4, 0.5) is 0 Å². The summed E-state index contributed by atoms with van der Waals surface area (Å²) < 4.78 is 2.31. The summed E-state index contributed by atoms with van der Waals surface area (Å²) in [5.74, 6) is 1.38. The molecule has 202 valence electrons. The minimum Gasteiger partial charge on any atom is -0.228 e. The first-order valence-corrected chi connectivity index (χ1v) is 15.0. The zero-order valence-electron chi connectivity index (χ0n) is 23.1. The van der Waals surface area contributed by atoms with Crippen molar-refractivity contribution in [3.63, 3.8) is 0 Å². The fourth-order valence-electron chi connectivity index (χ4n) is 5.40. The summed E-state index contributed by atoms with van der Waals surface area (Å²) in [6, 6.07) is 49.6. The Balaban J connectivity index is 1.31. The molecule has 43 heavy (non-hydrogen) atoms. The second-order valence-corrected chi connectivity index (χ2v) is 11.4. The number of hydrogen-bond acceptors (Lipinski definition) is 5. The van der Waals surface area contributed by atoms with E-state index in [1.807, 2.05) is 54.6 Å². The summed E-state index contributed by atoms with van der Waals surface area (Å²) in [6.45, 7) is 0. The van der Waals surface area contributed by atoms with Crippen molar-refractivity contribution in [2.45, 2.75) is 0 Å². The molecule has 5 aromatic carbocycles. The summed E-state index contributed by atoms with van der Waals surface area (Å²) in [5, 5.41) is 1.15. The topological polar surface area (TPSA) is 51.6 Å². The average Bonchev–Trinajstić information content (AvgIpc) is 3.48. The Bertz CT molecular complexity index is 2170. The maximum Gasteiger partial charge on any atom is 0.160 e. The van der Waals surface area contributed by atoms with Gasteiger partial charge in [-0.3, -0.25) is 0 Å². The first-order chi connectivity index (χ1) is 21.3. The van der Waals surface area contributed by atoms with E-state index in [1.54, 1.807) is 11.3 Å². The van der Waals surface area contributed by atoms with E-state index >= 15 is 0 Å². The molecule has 8 aromatic rings. The summed E-state index contributed by atoms with van der Waals surface area (Å²) >= 11 is 1.74. The Labute approximate surface area is 253 Å². The molecule has 0 amide bonds. The van der Waals surface area contributed by atoms with Crippen molar-refractivity contribution in [2.75, 3.05) is 0 Å². The van der Waals surface area contributed by atoms with Crippen LogP contribution in [0, 0.1) is 0 Å². The first kappa shape index (κ1) is 25.2. The minimum absolute atomic E-state index is 0.691. The van der Waals surface area contributed by atoms with E-state index in [-0.39, 0.29) is 0 Å². The summed E-state index contributed by atoms with van der Waals surface area (Å²) in [5.41, 5.74) is 8.68. The van der Waals surface area contributed by atoms with Crippen LogP contribution in [-0.2, 0) is 0 Å². The van der Waals surface area contributed by atoms with Crippen molar-refractivity contribution < 1.29 is 0 Å². The van der Waals surface area contributed by atoms with Gasteiger partial charge >= 0.3 is 0 Å². The number of rotatable bonds is 5. The van der Waals surface area contributed by atoms with Crippen molar-refractivity contribution in [1.82, 2.24) is 19.9 Å². The molecule has 8 rings (SSSR count). The zero-order chi connectivity index (χ0) is 28.6. The highest BCUT2D eigenvalue weighted by Crippen LogP contribution is 2.39. The summed E-state index contributed by atoms with van der Waals surface area (Å²) in [7, 11) is 0. The predicted molar refractivity (Wildman–Crippen MR) is 178 cm³/mol. The Hall–Kier alpha value is -5.52. The number of benzene rings is 5. The van der Waals surface area contributed by atoms with Gasteiger partial charge in [-0.05, 0) is 18.2 Å². The molecule has 4 nitrogen and oxygen atoms in total. The van der Waals surface area contributed by atoms with E-state index in [4.69, 9.17) is 19.9 Å². The van der Waals surface area contributed by atoms with Crippen molar-refractivity contribution in [3.05, 3.63) is 146 Å². The molecule has 0 unspecified atom stereocenters. The molecule has 0 N–H and O–H groups in total. The van der Waals surface area contributed by atoms with Crippen molar-refractivity contribution in [1.29, 1.82) is 0 Å². The molecule has 3 heterocycles. The van der Waals surface area contributed by atoms with Crippen molar-refractivity contribution >= 4 is 31.6 Å². The van der Waals surface area contributed by atoms with Gasteiger partial charge in [0.1, 0.15) is 0 Å². The van der Waals surface area contributed by atoms with Crippen LogP contribution in [0.25, 0.3) is 76.9 Å². The first-order valence-electron chi connectivity index (χ1n) is 14.2. The van der Waals surface area contributed by atoms with E-state index in [1.165, 1.54) is 4.70 Å². The Morgan fingerprint density at radius 2 is 0.953 bits per heavy atom. The van der Waals surface area contributed by atoms with Crippen LogP contribution in [-0.4, -0.2) is 19.9 Å². The molecule has 0 saturated heterocycles.